The van der Waals surface area contributed by atoms with Crippen molar-refractivity contribution in [3.63, 3.8) is 0 Å². The standard InChI is InChI=1S/C30H37N3O4S/c1-6-24(4)31-30(35)25(5)32(20-26-12-10-11-23(3)19-26)29(34)21-33(27-17-15-22(2)16-18-27)38(36,37)28-13-8-7-9-14-28/h7-19,24-25H,6,20-21H2,1-5H3,(H,31,35)/t24-,25-/m1/s1. The summed E-state index contributed by atoms with van der Waals surface area (Å²) in [7, 11) is -4.06. The second-order valence-corrected chi connectivity index (χ2v) is 11.5. The summed E-state index contributed by atoms with van der Waals surface area (Å²) >= 11 is 0. The van der Waals surface area contributed by atoms with Crippen LogP contribution in [-0.2, 0) is 26.2 Å². The average Bonchev–Trinajstić information content (AvgIpc) is 2.90. The number of anilines is 1. The van der Waals surface area contributed by atoms with E-state index in [1.165, 1.54) is 17.0 Å². The van der Waals surface area contributed by atoms with Crippen LogP contribution in [-0.4, -0.2) is 43.8 Å². The summed E-state index contributed by atoms with van der Waals surface area (Å²) in [5.41, 5.74) is 3.22. The van der Waals surface area contributed by atoms with Gasteiger partial charge in [-0.2, -0.15) is 0 Å². The Morgan fingerprint density at radius 1 is 0.868 bits per heavy atom. The first-order valence-electron chi connectivity index (χ1n) is 12.8. The first-order valence-corrected chi connectivity index (χ1v) is 14.3. The van der Waals surface area contributed by atoms with E-state index in [9.17, 15) is 18.0 Å². The van der Waals surface area contributed by atoms with Gasteiger partial charge in [0.2, 0.25) is 11.8 Å². The van der Waals surface area contributed by atoms with E-state index in [1.54, 1.807) is 49.4 Å². The first-order chi connectivity index (χ1) is 18.0. The van der Waals surface area contributed by atoms with Gasteiger partial charge in [0.05, 0.1) is 10.6 Å². The molecular formula is C30H37N3O4S. The maximum atomic E-state index is 13.9. The van der Waals surface area contributed by atoms with E-state index < -0.39 is 28.5 Å². The molecule has 0 saturated heterocycles. The molecule has 1 N–H and O–H groups in total. The molecule has 0 aromatic heterocycles. The van der Waals surface area contributed by atoms with Gasteiger partial charge in [-0.25, -0.2) is 8.42 Å². The molecule has 3 aromatic carbocycles. The SMILES string of the molecule is CC[C@@H](C)NC(=O)[C@@H](C)N(Cc1cccc(C)c1)C(=O)CN(c1ccc(C)cc1)S(=O)(=O)c1ccccc1. The number of amides is 2. The van der Waals surface area contributed by atoms with Gasteiger partial charge in [-0.1, -0.05) is 72.6 Å². The highest BCUT2D eigenvalue weighted by Gasteiger charge is 2.32. The van der Waals surface area contributed by atoms with Crippen molar-refractivity contribution in [1.29, 1.82) is 0 Å². The second kappa shape index (κ2) is 12.7. The van der Waals surface area contributed by atoms with Crippen LogP contribution in [0.2, 0.25) is 0 Å². The molecule has 3 aromatic rings. The predicted molar refractivity (Wildman–Crippen MR) is 151 cm³/mol. The molecule has 2 amide bonds. The number of sulfonamides is 1. The molecule has 0 bridgehead atoms. The fraction of sp³-hybridized carbons (Fsp3) is 0.333. The largest absolute Gasteiger partial charge is 0.352 e. The summed E-state index contributed by atoms with van der Waals surface area (Å²) < 4.78 is 28.6. The highest BCUT2D eigenvalue weighted by atomic mass is 32.2. The topological polar surface area (TPSA) is 86.8 Å². The average molecular weight is 536 g/mol. The quantitative estimate of drug-likeness (QED) is 0.381. The van der Waals surface area contributed by atoms with E-state index in [0.717, 1.165) is 27.4 Å². The molecule has 38 heavy (non-hydrogen) atoms. The summed E-state index contributed by atoms with van der Waals surface area (Å²) in [4.78, 5) is 28.5. The molecule has 0 fully saturated rings. The van der Waals surface area contributed by atoms with Crippen LogP contribution in [0, 0.1) is 13.8 Å². The zero-order chi connectivity index (χ0) is 27.9. The molecule has 8 heteroatoms. The van der Waals surface area contributed by atoms with Crippen molar-refractivity contribution < 1.29 is 18.0 Å². The summed E-state index contributed by atoms with van der Waals surface area (Å²) in [6.07, 6.45) is 0.751. The fourth-order valence-corrected chi connectivity index (χ4v) is 5.45. The van der Waals surface area contributed by atoms with Crippen molar-refractivity contribution in [3.8, 4) is 0 Å². The molecular weight excluding hydrogens is 498 g/mol. The number of rotatable bonds is 11. The minimum Gasteiger partial charge on any atom is -0.352 e. The van der Waals surface area contributed by atoms with Gasteiger partial charge in [-0.05, 0) is 63.9 Å². The molecule has 7 nitrogen and oxygen atoms in total. The molecule has 0 heterocycles. The summed E-state index contributed by atoms with van der Waals surface area (Å²) in [5, 5.41) is 2.94. The van der Waals surface area contributed by atoms with E-state index in [4.69, 9.17) is 0 Å². The lowest BCUT2D eigenvalue weighted by molar-refractivity contribution is -0.139. The van der Waals surface area contributed by atoms with Crippen LogP contribution in [0.25, 0.3) is 0 Å². The maximum Gasteiger partial charge on any atom is 0.264 e. The Morgan fingerprint density at radius 2 is 1.53 bits per heavy atom. The van der Waals surface area contributed by atoms with Crippen LogP contribution < -0.4 is 9.62 Å². The zero-order valence-corrected chi connectivity index (χ0v) is 23.5. The van der Waals surface area contributed by atoms with Gasteiger partial charge in [0, 0.05) is 12.6 Å². The Hall–Kier alpha value is -3.65. The normalized spacial score (nSPS) is 12.9. The lowest BCUT2D eigenvalue weighted by atomic mass is 10.1. The van der Waals surface area contributed by atoms with Gasteiger partial charge in [-0.15, -0.1) is 0 Å². The lowest BCUT2D eigenvalue weighted by Gasteiger charge is -2.32. The third-order valence-corrected chi connectivity index (χ3v) is 8.32. The van der Waals surface area contributed by atoms with Crippen LogP contribution >= 0.6 is 0 Å². The highest BCUT2D eigenvalue weighted by molar-refractivity contribution is 7.92. The smallest absolute Gasteiger partial charge is 0.264 e. The summed E-state index contributed by atoms with van der Waals surface area (Å²) in [6.45, 7) is 9.14. The van der Waals surface area contributed by atoms with Crippen molar-refractivity contribution in [1.82, 2.24) is 10.2 Å². The predicted octanol–water partition coefficient (Wildman–Crippen LogP) is 4.83. The maximum absolute atomic E-state index is 13.9. The number of carbonyl (C=O) groups excluding carboxylic acids is 2. The van der Waals surface area contributed by atoms with Crippen molar-refractivity contribution in [2.45, 2.75) is 64.6 Å². The van der Waals surface area contributed by atoms with Gasteiger partial charge < -0.3 is 10.2 Å². The Balaban J connectivity index is 2.01. The van der Waals surface area contributed by atoms with Crippen molar-refractivity contribution in [3.05, 3.63) is 95.6 Å². The molecule has 0 radical (unpaired) electrons. The summed E-state index contributed by atoms with van der Waals surface area (Å²) in [6, 6.07) is 21.9. The minimum atomic E-state index is -4.06. The number of nitrogens with zero attached hydrogens (tertiary/aromatic N) is 2. The fourth-order valence-electron chi connectivity index (χ4n) is 4.01. The number of carbonyl (C=O) groups is 2. The van der Waals surface area contributed by atoms with Crippen LogP contribution in [0.5, 0.6) is 0 Å². The Morgan fingerprint density at radius 3 is 2.13 bits per heavy atom. The van der Waals surface area contributed by atoms with Crippen molar-refractivity contribution in [2.75, 3.05) is 10.8 Å². The monoisotopic (exact) mass is 535 g/mol. The molecule has 3 rings (SSSR count). The van der Waals surface area contributed by atoms with E-state index in [1.807, 2.05) is 52.0 Å². The van der Waals surface area contributed by atoms with Gasteiger partial charge >= 0.3 is 0 Å². The van der Waals surface area contributed by atoms with E-state index in [0.29, 0.717) is 5.69 Å². The number of hydrogen-bond acceptors (Lipinski definition) is 4. The van der Waals surface area contributed by atoms with Crippen LogP contribution in [0.3, 0.4) is 0 Å². The number of aryl methyl sites for hydroxylation is 2. The van der Waals surface area contributed by atoms with Gasteiger partial charge in [-0.3, -0.25) is 13.9 Å². The highest BCUT2D eigenvalue weighted by Crippen LogP contribution is 2.25. The third-order valence-electron chi connectivity index (χ3n) is 6.54. The summed E-state index contributed by atoms with van der Waals surface area (Å²) in [5.74, 6) is -0.758. The number of benzene rings is 3. The molecule has 0 unspecified atom stereocenters. The molecule has 0 aliphatic heterocycles. The Kier molecular flexibility index (Phi) is 9.69. The van der Waals surface area contributed by atoms with E-state index in [2.05, 4.69) is 5.32 Å². The molecule has 0 spiro atoms. The van der Waals surface area contributed by atoms with Crippen LogP contribution in [0.4, 0.5) is 5.69 Å². The van der Waals surface area contributed by atoms with E-state index in [-0.39, 0.29) is 23.4 Å². The minimum absolute atomic E-state index is 0.0524. The third kappa shape index (κ3) is 7.22. The lowest BCUT2D eigenvalue weighted by Crippen LogP contribution is -2.52. The first kappa shape index (κ1) is 28.9. The zero-order valence-electron chi connectivity index (χ0n) is 22.7. The molecule has 202 valence electrons. The van der Waals surface area contributed by atoms with Crippen LogP contribution in [0.1, 0.15) is 43.9 Å². The number of hydrogen-bond donors (Lipinski definition) is 1. The van der Waals surface area contributed by atoms with Gasteiger partial charge in [0.15, 0.2) is 0 Å². The second-order valence-electron chi connectivity index (χ2n) is 9.66. The van der Waals surface area contributed by atoms with E-state index >= 15 is 0 Å². The van der Waals surface area contributed by atoms with Crippen molar-refractivity contribution >= 4 is 27.5 Å². The molecule has 0 aliphatic rings. The van der Waals surface area contributed by atoms with Crippen LogP contribution in [0.15, 0.2) is 83.8 Å². The number of nitrogens with one attached hydrogen (secondary N) is 1. The Bertz CT molecular complexity index is 1340. The van der Waals surface area contributed by atoms with Gasteiger partial charge in [0.25, 0.3) is 10.0 Å². The molecule has 0 saturated carbocycles. The molecule has 2 atom stereocenters. The van der Waals surface area contributed by atoms with Gasteiger partial charge in [0.1, 0.15) is 12.6 Å². The Labute approximate surface area is 226 Å². The van der Waals surface area contributed by atoms with Crippen molar-refractivity contribution in [2.24, 2.45) is 0 Å². The molecule has 0 aliphatic carbocycles.